The molecule has 33 heavy (non-hydrogen) atoms. The zero-order valence-corrected chi connectivity index (χ0v) is 20.3. The fourth-order valence-electron chi connectivity index (χ4n) is 5.10. The van der Waals surface area contributed by atoms with E-state index < -0.39 is 0 Å². The molecule has 2 unspecified atom stereocenters. The molecule has 1 aliphatic rings. The average Bonchev–Trinajstić information content (AvgIpc) is 3.43. The van der Waals surface area contributed by atoms with Gasteiger partial charge in [0.2, 0.25) is 0 Å². The van der Waals surface area contributed by atoms with Crippen LogP contribution in [0.2, 0.25) is 0 Å². The summed E-state index contributed by atoms with van der Waals surface area (Å²) in [5, 5.41) is 0. The molecule has 0 bridgehead atoms. The van der Waals surface area contributed by atoms with E-state index >= 15 is 0 Å². The van der Waals surface area contributed by atoms with E-state index in [9.17, 15) is 4.79 Å². The second kappa shape index (κ2) is 10.4. The predicted octanol–water partition coefficient (Wildman–Crippen LogP) is 5.91. The van der Waals surface area contributed by atoms with Gasteiger partial charge in [-0.1, -0.05) is 55.8 Å². The Kier molecular flexibility index (Phi) is 7.34. The number of likely N-dealkylation sites (tertiary alicyclic amines) is 1. The molecule has 0 spiro atoms. The van der Waals surface area contributed by atoms with Crippen molar-refractivity contribution in [2.75, 3.05) is 26.2 Å². The third kappa shape index (κ3) is 5.75. The van der Waals surface area contributed by atoms with Gasteiger partial charge in [0.15, 0.2) is 0 Å². The van der Waals surface area contributed by atoms with Crippen LogP contribution >= 0.6 is 0 Å². The number of carbonyl (C=O) groups excluding carboxylic acids is 1. The Morgan fingerprint density at radius 2 is 1.79 bits per heavy atom. The highest BCUT2D eigenvalue weighted by atomic mass is 16.3. The third-order valence-electron chi connectivity index (χ3n) is 6.69. The standard InChI is InChI=1S/C29H36N2O2/c1-21(2)16-31(29(32)24-13-11-22(3)12-14-24)18-25-17-30(19-26-9-7-15-33-26)20-28(25)27-10-6-5-8-23(27)4/h5-15,21,25,28H,16-20H2,1-4H3. The van der Waals surface area contributed by atoms with E-state index in [1.165, 1.54) is 16.7 Å². The predicted molar refractivity (Wildman–Crippen MR) is 133 cm³/mol. The van der Waals surface area contributed by atoms with Gasteiger partial charge >= 0.3 is 0 Å². The van der Waals surface area contributed by atoms with Crippen molar-refractivity contribution < 1.29 is 9.21 Å². The van der Waals surface area contributed by atoms with Gasteiger partial charge in [-0.05, 0) is 61.1 Å². The Hall–Kier alpha value is -2.85. The molecule has 2 aromatic carbocycles. The molecule has 174 valence electrons. The van der Waals surface area contributed by atoms with Crippen LogP contribution in [0.1, 0.15) is 52.6 Å². The molecule has 0 N–H and O–H groups in total. The van der Waals surface area contributed by atoms with Crippen molar-refractivity contribution in [2.45, 2.75) is 40.2 Å². The molecule has 0 aliphatic carbocycles. The summed E-state index contributed by atoms with van der Waals surface area (Å²) in [6.45, 7) is 12.9. The fraction of sp³-hybridized carbons (Fsp3) is 0.414. The lowest BCUT2D eigenvalue weighted by Gasteiger charge is -2.30. The number of aryl methyl sites for hydroxylation is 2. The normalized spacial score (nSPS) is 18.7. The molecule has 1 saturated heterocycles. The van der Waals surface area contributed by atoms with Crippen LogP contribution < -0.4 is 0 Å². The maximum absolute atomic E-state index is 13.5. The Balaban J connectivity index is 1.59. The summed E-state index contributed by atoms with van der Waals surface area (Å²) in [7, 11) is 0. The number of nitrogens with zero attached hydrogens (tertiary/aromatic N) is 2. The summed E-state index contributed by atoms with van der Waals surface area (Å²) >= 11 is 0. The van der Waals surface area contributed by atoms with Crippen molar-refractivity contribution in [3.05, 3.63) is 94.9 Å². The van der Waals surface area contributed by atoms with Crippen molar-refractivity contribution in [3.8, 4) is 0 Å². The van der Waals surface area contributed by atoms with Gasteiger partial charge in [0.1, 0.15) is 5.76 Å². The number of carbonyl (C=O) groups is 1. The quantitative estimate of drug-likeness (QED) is 0.433. The van der Waals surface area contributed by atoms with Gasteiger partial charge in [-0.15, -0.1) is 0 Å². The number of hydrogen-bond acceptors (Lipinski definition) is 3. The molecule has 0 saturated carbocycles. The van der Waals surface area contributed by atoms with Crippen molar-refractivity contribution in [1.82, 2.24) is 9.80 Å². The van der Waals surface area contributed by atoms with Crippen molar-refractivity contribution in [3.63, 3.8) is 0 Å². The minimum atomic E-state index is 0.136. The molecule has 0 radical (unpaired) electrons. The van der Waals surface area contributed by atoms with Gasteiger partial charge in [-0.3, -0.25) is 9.69 Å². The molecule has 1 aliphatic heterocycles. The Morgan fingerprint density at radius 1 is 1.03 bits per heavy atom. The largest absolute Gasteiger partial charge is 0.468 e. The van der Waals surface area contributed by atoms with Gasteiger partial charge in [0.25, 0.3) is 5.91 Å². The van der Waals surface area contributed by atoms with E-state index in [0.717, 1.165) is 44.0 Å². The lowest BCUT2D eigenvalue weighted by Crippen LogP contribution is -2.39. The monoisotopic (exact) mass is 444 g/mol. The molecular weight excluding hydrogens is 408 g/mol. The first kappa shape index (κ1) is 23.3. The Bertz CT molecular complexity index is 1040. The smallest absolute Gasteiger partial charge is 0.253 e. The van der Waals surface area contributed by atoms with Gasteiger partial charge < -0.3 is 9.32 Å². The molecule has 4 nitrogen and oxygen atoms in total. The van der Waals surface area contributed by atoms with Crippen LogP contribution in [0.4, 0.5) is 0 Å². The molecular formula is C29H36N2O2. The molecule has 4 rings (SSSR count). The summed E-state index contributed by atoms with van der Waals surface area (Å²) in [4.78, 5) is 18.1. The minimum Gasteiger partial charge on any atom is -0.468 e. The minimum absolute atomic E-state index is 0.136. The van der Waals surface area contributed by atoms with Crippen molar-refractivity contribution >= 4 is 5.91 Å². The Morgan fingerprint density at radius 3 is 2.45 bits per heavy atom. The lowest BCUT2D eigenvalue weighted by atomic mass is 9.86. The second-order valence-electron chi connectivity index (χ2n) is 9.97. The molecule has 1 aromatic heterocycles. The van der Waals surface area contributed by atoms with E-state index in [1.807, 2.05) is 36.4 Å². The molecule has 2 heterocycles. The average molecular weight is 445 g/mol. The van der Waals surface area contributed by atoms with Crippen LogP contribution in [0.3, 0.4) is 0 Å². The first-order valence-corrected chi connectivity index (χ1v) is 12.1. The van der Waals surface area contributed by atoms with Crippen LogP contribution in [0.15, 0.2) is 71.3 Å². The van der Waals surface area contributed by atoms with E-state index in [2.05, 4.69) is 61.8 Å². The SMILES string of the molecule is Cc1ccc(C(=O)N(CC(C)C)CC2CN(Cc3ccco3)CC2c2ccccc2C)cc1. The molecule has 3 aromatic rings. The summed E-state index contributed by atoms with van der Waals surface area (Å²) in [6, 6.07) is 20.7. The summed E-state index contributed by atoms with van der Waals surface area (Å²) in [5.74, 6) is 2.30. The fourth-order valence-corrected chi connectivity index (χ4v) is 5.10. The van der Waals surface area contributed by atoms with Crippen molar-refractivity contribution in [1.29, 1.82) is 0 Å². The number of rotatable bonds is 8. The zero-order valence-electron chi connectivity index (χ0n) is 20.3. The first-order valence-electron chi connectivity index (χ1n) is 12.1. The molecule has 1 fully saturated rings. The van der Waals surface area contributed by atoms with Crippen LogP contribution in [0, 0.1) is 25.7 Å². The van der Waals surface area contributed by atoms with E-state index in [0.29, 0.717) is 17.8 Å². The number of benzene rings is 2. The van der Waals surface area contributed by atoms with Crippen LogP contribution in [-0.4, -0.2) is 41.9 Å². The molecule has 4 heteroatoms. The number of furan rings is 1. The van der Waals surface area contributed by atoms with Crippen LogP contribution in [0.25, 0.3) is 0 Å². The highest BCUT2D eigenvalue weighted by molar-refractivity contribution is 5.94. The third-order valence-corrected chi connectivity index (χ3v) is 6.69. The maximum Gasteiger partial charge on any atom is 0.253 e. The zero-order chi connectivity index (χ0) is 23.4. The summed E-state index contributed by atoms with van der Waals surface area (Å²) in [5.41, 5.74) is 4.68. The first-order chi connectivity index (χ1) is 15.9. The highest BCUT2D eigenvalue weighted by Gasteiger charge is 2.36. The van der Waals surface area contributed by atoms with Crippen LogP contribution in [0.5, 0.6) is 0 Å². The van der Waals surface area contributed by atoms with Gasteiger partial charge in [-0.2, -0.15) is 0 Å². The number of amides is 1. The molecule has 2 atom stereocenters. The van der Waals surface area contributed by atoms with Gasteiger partial charge in [0.05, 0.1) is 12.8 Å². The van der Waals surface area contributed by atoms with Crippen LogP contribution in [-0.2, 0) is 6.54 Å². The van der Waals surface area contributed by atoms with Crippen molar-refractivity contribution in [2.24, 2.45) is 11.8 Å². The summed E-state index contributed by atoms with van der Waals surface area (Å²) < 4.78 is 5.63. The lowest BCUT2D eigenvalue weighted by molar-refractivity contribution is 0.0703. The van der Waals surface area contributed by atoms with E-state index in [-0.39, 0.29) is 5.91 Å². The van der Waals surface area contributed by atoms with E-state index in [1.54, 1.807) is 6.26 Å². The van der Waals surface area contributed by atoms with Gasteiger partial charge in [0, 0.05) is 37.7 Å². The highest BCUT2D eigenvalue weighted by Crippen LogP contribution is 2.36. The number of hydrogen-bond donors (Lipinski definition) is 0. The second-order valence-corrected chi connectivity index (χ2v) is 9.97. The maximum atomic E-state index is 13.5. The van der Waals surface area contributed by atoms with Gasteiger partial charge in [-0.25, -0.2) is 0 Å². The topological polar surface area (TPSA) is 36.7 Å². The molecule has 1 amide bonds. The summed E-state index contributed by atoms with van der Waals surface area (Å²) in [6.07, 6.45) is 1.74. The Labute approximate surface area is 198 Å². The van der Waals surface area contributed by atoms with E-state index in [4.69, 9.17) is 4.42 Å².